The molecule has 0 atom stereocenters. The highest BCUT2D eigenvalue weighted by molar-refractivity contribution is 5.73. The number of aromatic nitrogens is 3. The van der Waals surface area contributed by atoms with E-state index in [-0.39, 0.29) is 18.6 Å². The number of fused-ring (bicyclic) bond motifs is 1. The predicted octanol–water partition coefficient (Wildman–Crippen LogP) is 0.308. The standard InChI is InChI=1S/C12H12N4O3/c1-3-19-10(17)4-9-7(2)15-11-8(5-13)6-14-16(11)12(9)18/h6,15H,3-4H2,1-2H3. The van der Waals surface area contributed by atoms with Crippen LogP contribution in [0.15, 0.2) is 11.0 Å². The van der Waals surface area contributed by atoms with Gasteiger partial charge in [-0.3, -0.25) is 9.59 Å². The van der Waals surface area contributed by atoms with E-state index in [1.54, 1.807) is 13.8 Å². The fourth-order valence-electron chi connectivity index (χ4n) is 1.81. The predicted molar refractivity (Wildman–Crippen MR) is 65.6 cm³/mol. The van der Waals surface area contributed by atoms with Crippen LogP contribution in [0.1, 0.15) is 23.7 Å². The summed E-state index contributed by atoms with van der Waals surface area (Å²) in [7, 11) is 0. The topological polar surface area (TPSA) is 100 Å². The molecule has 0 saturated carbocycles. The largest absolute Gasteiger partial charge is 0.466 e. The second kappa shape index (κ2) is 4.94. The van der Waals surface area contributed by atoms with E-state index >= 15 is 0 Å². The number of nitrogens with one attached hydrogen (secondary N) is 1. The lowest BCUT2D eigenvalue weighted by Crippen LogP contribution is -2.24. The van der Waals surface area contributed by atoms with Gasteiger partial charge in [0.15, 0.2) is 5.65 Å². The molecule has 0 amide bonds. The number of nitrogens with zero attached hydrogens (tertiary/aromatic N) is 3. The number of carbonyl (C=O) groups excluding carboxylic acids is 1. The molecule has 0 fully saturated rings. The second-order valence-electron chi connectivity index (χ2n) is 3.95. The Kier molecular flexibility index (Phi) is 3.33. The van der Waals surface area contributed by atoms with Gasteiger partial charge in [-0.2, -0.15) is 14.9 Å². The van der Waals surface area contributed by atoms with Crippen molar-refractivity contribution < 1.29 is 9.53 Å². The second-order valence-corrected chi connectivity index (χ2v) is 3.95. The van der Waals surface area contributed by atoms with Crippen molar-refractivity contribution in [1.82, 2.24) is 14.6 Å². The summed E-state index contributed by atoms with van der Waals surface area (Å²) >= 11 is 0. The zero-order chi connectivity index (χ0) is 14.0. The maximum Gasteiger partial charge on any atom is 0.310 e. The van der Waals surface area contributed by atoms with Crippen molar-refractivity contribution in [2.45, 2.75) is 20.3 Å². The van der Waals surface area contributed by atoms with Crippen LogP contribution in [0.5, 0.6) is 0 Å². The third kappa shape index (κ3) is 2.20. The lowest BCUT2D eigenvalue weighted by molar-refractivity contribution is -0.142. The van der Waals surface area contributed by atoms with Crippen molar-refractivity contribution in [1.29, 1.82) is 5.26 Å². The molecule has 1 N–H and O–H groups in total. The Morgan fingerprint density at radius 3 is 3.00 bits per heavy atom. The van der Waals surface area contributed by atoms with E-state index in [4.69, 9.17) is 10.00 Å². The van der Waals surface area contributed by atoms with Gasteiger partial charge in [0.2, 0.25) is 0 Å². The van der Waals surface area contributed by atoms with Crippen LogP contribution in [0.3, 0.4) is 0 Å². The summed E-state index contributed by atoms with van der Waals surface area (Å²) in [5.74, 6) is -0.469. The van der Waals surface area contributed by atoms with Gasteiger partial charge in [-0.25, -0.2) is 0 Å². The zero-order valence-corrected chi connectivity index (χ0v) is 10.6. The molecule has 7 heteroatoms. The van der Waals surface area contributed by atoms with Crippen molar-refractivity contribution in [3.63, 3.8) is 0 Å². The van der Waals surface area contributed by atoms with Crippen molar-refractivity contribution >= 4 is 11.6 Å². The normalized spacial score (nSPS) is 10.4. The number of ether oxygens (including phenoxy) is 1. The highest BCUT2D eigenvalue weighted by Gasteiger charge is 2.16. The highest BCUT2D eigenvalue weighted by atomic mass is 16.5. The summed E-state index contributed by atoms with van der Waals surface area (Å²) in [6, 6.07) is 1.94. The molecule has 0 saturated heterocycles. The number of hydrogen-bond acceptors (Lipinski definition) is 5. The van der Waals surface area contributed by atoms with Crippen molar-refractivity contribution in [3.8, 4) is 6.07 Å². The minimum absolute atomic E-state index is 0.118. The Balaban J connectivity index is 2.55. The third-order valence-corrected chi connectivity index (χ3v) is 2.73. The zero-order valence-electron chi connectivity index (χ0n) is 10.6. The molecule has 0 unspecified atom stereocenters. The Labute approximate surface area is 108 Å². The van der Waals surface area contributed by atoms with Gasteiger partial charge in [0.05, 0.1) is 19.2 Å². The quantitative estimate of drug-likeness (QED) is 0.800. The summed E-state index contributed by atoms with van der Waals surface area (Å²) < 4.78 is 5.90. The van der Waals surface area contributed by atoms with Crippen molar-refractivity contribution in [2.75, 3.05) is 6.61 Å². The molecule has 2 aromatic rings. The Bertz CT molecular complexity index is 736. The van der Waals surface area contributed by atoms with E-state index in [9.17, 15) is 9.59 Å². The SMILES string of the molecule is CCOC(=O)Cc1c(C)[nH]c2c(C#N)cnn2c1=O. The molecule has 7 nitrogen and oxygen atoms in total. The summed E-state index contributed by atoms with van der Waals surface area (Å²) in [5.41, 5.74) is 1.02. The van der Waals surface area contributed by atoms with E-state index in [1.165, 1.54) is 6.20 Å². The fourth-order valence-corrected chi connectivity index (χ4v) is 1.81. The first-order chi connectivity index (χ1) is 9.08. The van der Waals surface area contributed by atoms with Crippen LogP contribution in [0.2, 0.25) is 0 Å². The van der Waals surface area contributed by atoms with Crippen LogP contribution in [0.4, 0.5) is 0 Å². The van der Waals surface area contributed by atoms with Gasteiger partial charge in [0, 0.05) is 11.3 Å². The first kappa shape index (κ1) is 12.8. The van der Waals surface area contributed by atoms with E-state index in [0.717, 1.165) is 4.52 Å². The minimum atomic E-state index is -0.469. The number of H-pyrrole nitrogens is 1. The monoisotopic (exact) mass is 260 g/mol. The molecule has 0 aliphatic heterocycles. The molecule has 0 aromatic carbocycles. The fraction of sp³-hybridized carbons (Fsp3) is 0.333. The summed E-state index contributed by atoms with van der Waals surface area (Å²) in [6.45, 7) is 3.63. The molecular weight excluding hydrogens is 248 g/mol. The van der Waals surface area contributed by atoms with Gasteiger partial charge in [-0.1, -0.05) is 0 Å². The maximum atomic E-state index is 12.2. The average molecular weight is 260 g/mol. The van der Waals surface area contributed by atoms with Crippen LogP contribution >= 0.6 is 0 Å². The molecule has 2 heterocycles. The van der Waals surface area contributed by atoms with Gasteiger partial charge < -0.3 is 9.72 Å². The number of rotatable bonds is 3. The van der Waals surface area contributed by atoms with Gasteiger partial charge >= 0.3 is 5.97 Å². The molecule has 2 rings (SSSR count). The van der Waals surface area contributed by atoms with E-state index in [1.807, 2.05) is 6.07 Å². The smallest absolute Gasteiger partial charge is 0.310 e. The minimum Gasteiger partial charge on any atom is -0.466 e. The van der Waals surface area contributed by atoms with E-state index in [0.29, 0.717) is 16.9 Å². The van der Waals surface area contributed by atoms with Crippen LogP contribution in [-0.4, -0.2) is 27.2 Å². The molecule has 0 aliphatic rings. The lowest BCUT2D eigenvalue weighted by Gasteiger charge is -2.06. The number of esters is 1. The number of aromatic amines is 1. The molecule has 0 radical (unpaired) electrons. The van der Waals surface area contributed by atoms with Crippen molar-refractivity contribution in [2.24, 2.45) is 0 Å². The number of nitriles is 1. The van der Waals surface area contributed by atoms with Crippen LogP contribution in [0, 0.1) is 18.3 Å². The van der Waals surface area contributed by atoms with E-state index in [2.05, 4.69) is 10.1 Å². The first-order valence-electron chi connectivity index (χ1n) is 5.73. The maximum absolute atomic E-state index is 12.2. The Morgan fingerprint density at radius 2 is 2.37 bits per heavy atom. The lowest BCUT2D eigenvalue weighted by atomic mass is 10.1. The van der Waals surface area contributed by atoms with Gasteiger partial charge in [-0.15, -0.1) is 0 Å². The molecule has 19 heavy (non-hydrogen) atoms. The van der Waals surface area contributed by atoms with Gasteiger partial charge in [0.25, 0.3) is 5.56 Å². The third-order valence-electron chi connectivity index (χ3n) is 2.73. The summed E-state index contributed by atoms with van der Waals surface area (Å²) in [5, 5.41) is 12.7. The molecule has 98 valence electrons. The van der Waals surface area contributed by atoms with Gasteiger partial charge in [0.1, 0.15) is 11.6 Å². The first-order valence-corrected chi connectivity index (χ1v) is 5.73. The van der Waals surface area contributed by atoms with Crippen LogP contribution in [-0.2, 0) is 16.0 Å². The van der Waals surface area contributed by atoms with Gasteiger partial charge in [-0.05, 0) is 13.8 Å². The summed E-state index contributed by atoms with van der Waals surface area (Å²) in [6.07, 6.45) is 1.19. The van der Waals surface area contributed by atoms with E-state index < -0.39 is 11.5 Å². The van der Waals surface area contributed by atoms with Crippen molar-refractivity contribution in [3.05, 3.63) is 33.4 Å². The molecular formula is C12H12N4O3. The molecule has 2 aromatic heterocycles. The number of hydrogen-bond donors (Lipinski definition) is 1. The summed E-state index contributed by atoms with van der Waals surface area (Å²) in [4.78, 5) is 26.6. The number of aryl methyl sites for hydroxylation is 1. The molecule has 0 aliphatic carbocycles. The number of carbonyl (C=O) groups is 1. The average Bonchev–Trinajstić information content (AvgIpc) is 2.77. The molecule has 0 bridgehead atoms. The Morgan fingerprint density at radius 1 is 1.63 bits per heavy atom. The highest BCUT2D eigenvalue weighted by Crippen LogP contribution is 2.08. The van der Waals surface area contributed by atoms with Crippen LogP contribution < -0.4 is 5.56 Å². The molecule has 0 spiro atoms. The van der Waals surface area contributed by atoms with Crippen LogP contribution in [0.25, 0.3) is 5.65 Å². The Hall–Kier alpha value is -2.62.